The molecule has 2 fully saturated rings. The van der Waals surface area contributed by atoms with Gasteiger partial charge in [0, 0.05) is 32.0 Å². The van der Waals surface area contributed by atoms with E-state index in [2.05, 4.69) is 5.32 Å². The summed E-state index contributed by atoms with van der Waals surface area (Å²) in [5, 5.41) is 70.1. The van der Waals surface area contributed by atoms with Crippen molar-refractivity contribution in [2.45, 2.75) is 185 Å². The number of likely N-dealkylation sites (N-methyl/N-ethyl adjacent to an activating group) is 1. The molecule has 0 unspecified atom stereocenters. The Morgan fingerprint density at radius 2 is 1.61 bits per heavy atom. The molecule has 18 atom stereocenters. The minimum atomic E-state index is -1.91. The highest BCUT2D eigenvalue weighted by Gasteiger charge is 2.51. The lowest BCUT2D eigenvalue weighted by Crippen LogP contribution is -2.61. The van der Waals surface area contributed by atoms with E-state index in [1.807, 2.05) is 58.8 Å². The number of methoxy groups -OCH3 is 1. The fraction of sp³-hybridized carbons (Fsp3) is 0.974. The number of nitrogens with one attached hydrogen (secondary N) is 1. The van der Waals surface area contributed by atoms with Gasteiger partial charge in [-0.05, 0) is 94.9 Å². The molecule has 0 aliphatic carbocycles. The highest BCUT2D eigenvalue weighted by molar-refractivity contribution is 5.79. The van der Waals surface area contributed by atoms with E-state index in [0.717, 1.165) is 0 Å². The summed E-state index contributed by atoms with van der Waals surface area (Å²) in [6, 6.07) is -1.27. The van der Waals surface area contributed by atoms with Gasteiger partial charge in [-0.2, -0.15) is 0 Å². The van der Waals surface area contributed by atoms with E-state index in [1.165, 1.54) is 21.0 Å². The predicted molar refractivity (Wildman–Crippen MR) is 204 cm³/mol. The van der Waals surface area contributed by atoms with Crippen molar-refractivity contribution in [2.24, 2.45) is 17.8 Å². The van der Waals surface area contributed by atoms with Gasteiger partial charge in [0.1, 0.15) is 23.9 Å². The average molecular weight is 780 g/mol. The Morgan fingerprint density at radius 1 is 1.02 bits per heavy atom. The van der Waals surface area contributed by atoms with Gasteiger partial charge in [-0.25, -0.2) is 0 Å². The van der Waals surface area contributed by atoms with Gasteiger partial charge in [0.15, 0.2) is 12.6 Å². The summed E-state index contributed by atoms with van der Waals surface area (Å²) in [4.78, 5) is 18.1. The molecule has 2 saturated heterocycles. The highest BCUT2D eigenvalue weighted by Crippen LogP contribution is 2.39. The lowest BCUT2D eigenvalue weighted by Gasteiger charge is -2.49. The summed E-state index contributed by atoms with van der Waals surface area (Å²) in [5.74, 6) is -2.25. The second-order valence-corrected chi connectivity index (χ2v) is 17.6. The molecule has 0 spiro atoms. The van der Waals surface area contributed by atoms with Gasteiger partial charge in [0.05, 0.1) is 53.7 Å². The SMILES string of the molecule is CC[C@@H](O)[C@@](C)(O)[C@H](O)[C@@H](C)NC(=O)[C@H](C)[C@@H](O[C@@H]1C[C@](C)(OC)[C@H](O)[C@@H](C)O1)[C@H](C)[C@@H](O[C@@H]1O[C@H](C)C[C@@H](N(C)C)[C@H]1O)[C@](C)(O)C[C@@H](C)CN(C)C. The van der Waals surface area contributed by atoms with Gasteiger partial charge >= 0.3 is 0 Å². The van der Waals surface area contributed by atoms with Crippen LogP contribution in [0.25, 0.3) is 0 Å². The first kappa shape index (κ1) is 49.1. The number of aliphatic hydroxyl groups excluding tert-OH is 4. The van der Waals surface area contributed by atoms with Crippen LogP contribution < -0.4 is 5.32 Å². The van der Waals surface area contributed by atoms with Crippen molar-refractivity contribution in [2.75, 3.05) is 41.8 Å². The van der Waals surface area contributed by atoms with E-state index in [1.54, 1.807) is 34.6 Å². The zero-order valence-electron chi connectivity index (χ0n) is 35.7. The Balaban J connectivity index is 2.64. The van der Waals surface area contributed by atoms with Crippen LogP contribution in [0.5, 0.6) is 0 Å². The second-order valence-electron chi connectivity index (χ2n) is 17.6. The summed E-state index contributed by atoms with van der Waals surface area (Å²) in [7, 11) is 9.16. The minimum absolute atomic E-state index is 0.0130. The average Bonchev–Trinajstić information content (AvgIpc) is 3.07. The van der Waals surface area contributed by atoms with Crippen molar-refractivity contribution < 1.29 is 59.1 Å². The van der Waals surface area contributed by atoms with E-state index in [-0.39, 0.29) is 30.9 Å². The van der Waals surface area contributed by atoms with Crippen LogP contribution in [-0.2, 0) is 28.5 Å². The van der Waals surface area contributed by atoms with Crippen LogP contribution in [0.1, 0.15) is 94.9 Å². The molecule has 320 valence electrons. The largest absolute Gasteiger partial charge is 0.390 e. The number of amides is 1. The monoisotopic (exact) mass is 780 g/mol. The first-order valence-corrected chi connectivity index (χ1v) is 19.7. The normalized spacial score (nSPS) is 34.9. The van der Waals surface area contributed by atoms with Crippen LogP contribution in [0.3, 0.4) is 0 Å². The Morgan fingerprint density at radius 3 is 2.13 bits per heavy atom. The van der Waals surface area contributed by atoms with Gasteiger partial charge < -0.3 is 69.4 Å². The number of carbonyl (C=O) groups is 1. The standard InChI is InChI=1S/C39H77N3O12/c1-16-28(43)39(10,49)32(45)25(6)40-35(47)24(5)31(53-29-19-38(9,50-15)33(46)26(7)52-29)23(4)34(37(8,48)18-21(2)20-41(11)12)54-36-30(44)27(42(13)14)17-22(3)51-36/h21-34,36,43-46,48-49H,16-20H2,1-15H3,(H,40,47)/t21-,22-,23+,24-,25-,26-,27-,28-,29-,30-,31+,32-,33-,34-,36+,37-,38+,39-/m1/s1. The lowest BCUT2D eigenvalue weighted by atomic mass is 9.77. The van der Waals surface area contributed by atoms with E-state index in [4.69, 9.17) is 23.7 Å². The third-order valence-electron chi connectivity index (χ3n) is 11.8. The van der Waals surface area contributed by atoms with E-state index < -0.39 is 95.9 Å². The molecule has 1 amide bonds. The van der Waals surface area contributed by atoms with Crippen molar-refractivity contribution in [3.63, 3.8) is 0 Å². The molecule has 2 aliphatic rings. The fourth-order valence-electron chi connectivity index (χ4n) is 8.49. The summed E-state index contributed by atoms with van der Waals surface area (Å²) in [6.45, 7) is 17.8. The van der Waals surface area contributed by atoms with E-state index in [9.17, 15) is 35.4 Å². The molecule has 2 heterocycles. The van der Waals surface area contributed by atoms with Crippen LogP contribution in [0.4, 0.5) is 0 Å². The van der Waals surface area contributed by atoms with Crippen molar-refractivity contribution in [1.82, 2.24) is 15.1 Å². The van der Waals surface area contributed by atoms with E-state index in [0.29, 0.717) is 19.4 Å². The number of rotatable bonds is 20. The zero-order valence-corrected chi connectivity index (χ0v) is 35.7. The van der Waals surface area contributed by atoms with Crippen molar-refractivity contribution in [1.29, 1.82) is 0 Å². The topological polar surface area (TPSA) is 203 Å². The molecule has 0 aromatic rings. The van der Waals surface area contributed by atoms with Crippen LogP contribution in [-0.4, -0.2) is 178 Å². The zero-order chi connectivity index (χ0) is 41.7. The number of ether oxygens (including phenoxy) is 5. The molecule has 0 aromatic heterocycles. The van der Waals surface area contributed by atoms with Gasteiger partial charge in [-0.3, -0.25) is 4.79 Å². The maximum absolute atomic E-state index is 14.2. The van der Waals surface area contributed by atoms with Crippen molar-refractivity contribution in [3.8, 4) is 0 Å². The van der Waals surface area contributed by atoms with Crippen molar-refractivity contribution >= 4 is 5.91 Å². The van der Waals surface area contributed by atoms with Gasteiger partial charge in [-0.1, -0.05) is 27.7 Å². The molecule has 0 aromatic carbocycles. The fourth-order valence-corrected chi connectivity index (χ4v) is 8.49. The molecular formula is C39H77N3O12. The van der Waals surface area contributed by atoms with Crippen LogP contribution in [0.2, 0.25) is 0 Å². The van der Waals surface area contributed by atoms with Gasteiger partial charge in [0.25, 0.3) is 0 Å². The third kappa shape index (κ3) is 12.2. The third-order valence-corrected chi connectivity index (χ3v) is 11.8. The molecule has 54 heavy (non-hydrogen) atoms. The number of nitrogens with zero attached hydrogens (tertiary/aromatic N) is 2. The number of hydrogen-bond donors (Lipinski definition) is 7. The Labute approximate surface area is 324 Å². The first-order chi connectivity index (χ1) is 24.7. The van der Waals surface area contributed by atoms with Crippen LogP contribution >= 0.6 is 0 Å². The summed E-state index contributed by atoms with van der Waals surface area (Å²) < 4.78 is 31.5. The minimum Gasteiger partial charge on any atom is -0.390 e. The first-order valence-electron chi connectivity index (χ1n) is 19.7. The maximum atomic E-state index is 14.2. The van der Waals surface area contributed by atoms with Gasteiger partial charge in [0.2, 0.25) is 5.91 Å². The Bertz CT molecular complexity index is 1150. The molecule has 0 saturated carbocycles. The molecule has 15 nitrogen and oxygen atoms in total. The molecule has 15 heteroatoms. The summed E-state index contributed by atoms with van der Waals surface area (Å²) in [6.07, 6.45) is -8.69. The Kier molecular flexibility index (Phi) is 18.3. The summed E-state index contributed by atoms with van der Waals surface area (Å²) in [5.41, 5.74) is -4.47. The summed E-state index contributed by atoms with van der Waals surface area (Å²) >= 11 is 0. The van der Waals surface area contributed by atoms with Gasteiger partial charge in [-0.15, -0.1) is 0 Å². The molecule has 0 bridgehead atoms. The molecule has 2 aliphatic heterocycles. The molecule has 0 radical (unpaired) electrons. The maximum Gasteiger partial charge on any atom is 0.225 e. The molecule has 7 N–H and O–H groups in total. The number of hydrogen-bond acceptors (Lipinski definition) is 14. The smallest absolute Gasteiger partial charge is 0.225 e. The lowest BCUT2D eigenvalue weighted by molar-refractivity contribution is -0.317. The molecular weight excluding hydrogens is 702 g/mol. The molecule has 2 rings (SSSR count). The second kappa shape index (κ2) is 20.1. The number of aliphatic hydroxyl groups is 6. The number of carbonyl (C=O) groups excluding carboxylic acids is 1. The quantitative estimate of drug-likeness (QED) is 0.0926. The highest BCUT2D eigenvalue weighted by atomic mass is 16.7. The van der Waals surface area contributed by atoms with Crippen LogP contribution in [0, 0.1) is 17.8 Å². The van der Waals surface area contributed by atoms with E-state index >= 15 is 0 Å². The van der Waals surface area contributed by atoms with Crippen LogP contribution in [0.15, 0.2) is 0 Å². The predicted octanol–water partition coefficient (Wildman–Crippen LogP) is 1.08. The van der Waals surface area contributed by atoms with Crippen molar-refractivity contribution in [3.05, 3.63) is 0 Å². The Hall–Kier alpha value is -1.05.